The summed E-state index contributed by atoms with van der Waals surface area (Å²) < 4.78 is 24.0. The molecule has 1 fully saturated rings. The van der Waals surface area contributed by atoms with Gasteiger partial charge in [0.25, 0.3) is 0 Å². The number of nitrogen functional groups attached to an aromatic ring is 1. The molecule has 2 aromatic rings. The summed E-state index contributed by atoms with van der Waals surface area (Å²) in [5.41, 5.74) is 5.98. The van der Waals surface area contributed by atoms with Gasteiger partial charge in [0, 0.05) is 26.1 Å². The molecule has 1 unspecified atom stereocenters. The number of carbonyl (C=O) groups is 1. The molecule has 1 atom stereocenters. The summed E-state index contributed by atoms with van der Waals surface area (Å²) in [6.07, 6.45) is 0.370. The molecule has 0 bridgehead atoms. The van der Waals surface area contributed by atoms with Gasteiger partial charge in [-0.15, -0.1) is 5.10 Å². The Labute approximate surface area is 144 Å². The number of nitrogens with two attached hydrogens (primary N) is 1. The highest BCUT2D eigenvalue weighted by molar-refractivity contribution is 5.83. The molecule has 8 nitrogen and oxygen atoms in total. The normalized spacial score (nSPS) is 16.5. The van der Waals surface area contributed by atoms with E-state index in [-0.39, 0.29) is 17.7 Å². The lowest BCUT2D eigenvalue weighted by Gasteiger charge is -2.33. The fourth-order valence-electron chi connectivity index (χ4n) is 2.80. The number of amides is 1. The fourth-order valence-corrected chi connectivity index (χ4v) is 2.80. The number of nitrogens with zero attached hydrogens (tertiary/aromatic N) is 3. The number of morpholine rings is 1. The number of aromatic nitrogens is 2. The minimum atomic E-state index is -0.577. The van der Waals surface area contributed by atoms with Crippen LogP contribution in [0.5, 0.6) is 0 Å². The molecule has 0 aliphatic carbocycles. The molecule has 0 saturated carbocycles. The number of hydrogen-bond acceptors (Lipinski definition) is 7. The lowest BCUT2D eigenvalue weighted by molar-refractivity contribution is -0.128. The van der Waals surface area contributed by atoms with Crippen molar-refractivity contribution in [3.05, 3.63) is 41.5 Å². The molecule has 2 heterocycles. The number of nitrogens with one attached hydrogen (secondary N) is 1. The van der Waals surface area contributed by atoms with Gasteiger partial charge in [-0.05, 0) is 17.7 Å². The van der Waals surface area contributed by atoms with Gasteiger partial charge >= 0.3 is 6.01 Å². The highest BCUT2D eigenvalue weighted by Gasteiger charge is 2.29. The van der Waals surface area contributed by atoms with Crippen molar-refractivity contribution < 1.29 is 18.3 Å². The van der Waals surface area contributed by atoms with Gasteiger partial charge in [-0.1, -0.05) is 17.2 Å². The third-order valence-corrected chi connectivity index (χ3v) is 3.94. The van der Waals surface area contributed by atoms with Gasteiger partial charge in [0.2, 0.25) is 11.8 Å². The zero-order chi connectivity index (χ0) is 17.6. The highest BCUT2D eigenvalue weighted by atomic mass is 19.1. The quantitative estimate of drug-likeness (QED) is 0.783. The monoisotopic (exact) mass is 349 g/mol. The summed E-state index contributed by atoms with van der Waals surface area (Å²) in [6.45, 7) is 2.61. The Kier molecular flexibility index (Phi) is 5.56. The number of rotatable bonds is 6. The molecule has 1 amide bonds. The van der Waals surface area contributed by atoms with Crippen LogP contribution in [-0.2, 0) is 16.0 Å². The van der Waals surface area contributed by atoms with Crippen molar-refractivity contribution >= 4 is 11.9 Å². The van der Waals surface area contributed by atoms with Crippen LogP contribution in [0.15, 0.2) is 28.7 Å². The van der Waals surface area contributed by atoms with Crippen LogP contribution < -0.4 is 11.1 Å². The first-order valence-corrected chi connectivity index (χ1v) is 8.06. The summed E-state index contributed by atoms with van der Waals surface area (Å²) in [5, 5.41) is 10.2. The first kappa shape index (κ1) is 17.3. The van der Waals surface area contributed by atoms with Crippen LogP contribution in [0, 0.1) is 5.82 Å². The van der Waals surface area contributed by atoms with E-state index in [1.807, 2.05) is 4.90 Å². The molecule has 0 radical (unpaired) electrons. The molecule has 1 aromatic carbocycles. The molecular weight excluding hydrogens is 329 g/mol. The summed E-state index contributed by atoms with van der Waals surface area (Å²) in [5.74, 6) is -0.226. The van der Waals surface area contributed by atoms with E-state index < -0.39 is 6.04 Å². The zero-order valence-corrected chi connectivity index (χ0v) is 13.7. The van der Waals surface area contributed by atoms with Gasteiger partial charge in [-0.2, -0.15) is 0 Å². The Morgan fingerprint density at radius 1 is 1.36 bits per heavy atom. The van der Waals surface area contributed by atoms with Crippen molar-refractivity contribution in [2.45, 2.75) is 12.5 Å². The highest BCUT2D eigenvalue weighted by Crippen LogP contribution is 2.23. The van der Waals surface area contributed by atoms with E-state index in [2.05, 4.69) is 15.5 Å². The van der Waals surface area contributed by atoms with Crippen LogP contribution in [0.1, 0.15) is 17.5 Å². The van der Waals surface area contributed by atoms with Crippen LogP contribution in [0.4, 0.5) is 10.4 Å². The van der Waals surface area contributed by atoms with Crippen molar-refractivity contribution in [2.75, 3.05) is 38.6 Å². The second kappa shape index (κ2) is 8.04. The summed E-state index contributed by atoms with van der Waals surface area (Å²) in [7, 11) is 0. The first-order chi connectivity index (χ1) is 12.1. The van der Waals surface area contributed by atoms with E-state index in [0.717, 1.165) is 0 Å². The lowest BCUT2D eigenvalue weighted by atomic mass is 10.0. The first-order valence-electron chi connectivity index (χ1n) is 8.06. The van der Waals surface area contributed by atoms with Crippen molar-refractivity contribution in [3.8, 4) is 0 Å². The van der Waals surface area contributed by atoms with E-state index in [9.17, 15) is 9.18 Å². The predicted octanol–water partition coefficient (Wildman–Crippen LogP) is 0.523. The molecule has 134 valence electrons. The molecule has 0 spiro atoms. The van der Waals surface area contributed by atoms with E-state index in [4.69, 9.17) is 14.9 Å². The third kappa shape index (κ3) is 4.52. The van der Waals surface area contributed by atoms with Crippen molar-refractivity contribution in [2.24, 2.45) is 0 Å². The number of anilines is 1. The number of carbonyl (C=O) groups excluding carboxylic acids is 1. The van der Waals surface area contributed by atoms with E-state index in [0.29, 0.717) is 50.7 Å². The molecule has 1 aliphatic heterocycles. The Morgan fingerprint density at radius 3 is 2.84 bits per heavy atom. The second-order valence-electron chi connectivity index (χ2n) is 5.68. The average molecular weight is 349 g/mol. The molecule has 25 heavy (non-hydrogen) atoms. The van der Waals surface area contributed by atoms with E-state index >= 15 is 0 Å². The summed E-state index contributed by atoms with van der Waals surface area (Å²) in [6, 6.07) is 5.52. The van der Waals surface area contributed by atoms with Gasteiger partial charge in [-0.25, -0.2) is 4.39 Å². The van der Waals surface area contributed by atoms with Crippen molar-refractivity contribution in [1.29, 1.82) is 0 Å². The number of halogens is 1. The van der Waals surface area contributed by atoms with Crippen LogP contribution in [0.25, 0.3) is 0 Å². The maximum atomic E-state index is 13.6. The molecule has 1 aromatic heterocycles. The molecule has 3 rings (SSSR count). The molecule has 1 saturated heterocycles. The minimum Gasteiger partial charge on any atom is -0.408 e. The third-order valence-electron chi connectivity index (χ3n) is 3.94. The summed E-state index contributed by atoms with van der Waals surface area (Å²) >= 11 is 0. The van der Waals surface area contributed by atoms with Gasteiger partial charge in [0.15, 0.2) is 0 Å². The number of hydrogen-bond donors (Lipinski definition) is 2. The molecule has 1 aliphatic rings. The van der Waals surface area contributed by atoms with Gasteiger partial charge < -0.3 is 20.2 Å². The van der Waals surface area contributed by atoms with Crippen LogP contribution >= 0.6 is 0 Å². The predicted molar refractivity (Wildman–Crippen MR) is 87.0 cm³/mol. The lowest BCUT2D eigenvalue weighted by Crippen LogP contribution is -2.46. The fraction of sp³-hybridized carbons (Fsp3) is 0.438. The van der Waals surface area contributed by atoms with Crippen LogP contribution in [-0.4, -0.2) is 53.9 Å². The Balaban J connectivity index is 1.68. The molecule has 9 heteroatoms. The van der Waals surface area contributed by atoms with E-state index in [1.165, 1.54) is 12.1 Å². The van der Waals surface area contributed by atoms with Gasteiger partial charge in [-0.3, -0.25) is 9.69 Å². The topological polar surface area (TPSA) is 107 Å². The smallest absolute Gasteiger partial charge is 0.312 e. The minimum absolute atomic E-state index is 0.00715. The van der Waals surface area contributed by atoms with Gasteiger partial charge in [0.1, 0.15) is 11.9 Å². The average Bonchev–Trinajstić information content (AvgIpc) is 3.01. The largest absolute Gasteiger partial charge is 0.408 e. The second-order valence-corrected chi connectivity index (χ2v) is 5.68. The van der Waals surface area contributed by atoms with Gasteiger partial charge in [0.05, 0.1) is 13.2 Å². The Bertz CT molecular complexity index is 717. The number of ether oxygens (including phenoxy) is 1. The van der Waals surface area contributed by atoms with E-state index in [1.54, 1.807) is 12.1 Å². The number of benzene rings is 1. The standard InChI is InChI=1S/C16H20FN5O3/c17-12-3-1-2-11(10-12)14(22-6-8-24-9-7-22)15(23)19-5-4-13-20-21-16(18)25-13/h1-3,10,14H,4-9H2,(H2,18,21)(H,19,23). The molecular formula is C16H20FN5O3. The summed E-state index contributed by atoms with van der Waals surface area (Å²) in [4.78, 5) is 14.7. The van der Waals surface area contributed by atoms with Crippen molar-refractivity contribution in [3.63, 3.8) is 0 Å². The van der Waals surface area contributed by atoms with Crippen molar-refractivity contribution in [1.82, 2.24) is 20.4 Å². The Morgan fingerprint density at radius 2 is 2.16 bits per heavy atom. The maximum Gasteiger partial charge on any atom is 0.312 e. The van der Waals surface area contributed by atoms with Crippen LogP contribution in [0.2, 0.25) is 0 Å². The maximum absolute atomic E-state index is 13.6. The SMILES string of the molecule is Nc1nnc(CCNC(=O)C(c2cccc(F)c2)N2CCOCC2)o1. The van der Waals surface area contributed by atoms with Crippen LogP contribution in [0.3, 0.4) is 0 Å². The zero-order valence-electron chi connectivity index (χ0n) is 13.7. The molecule has 3 N–H and O–H groups in total. The Hall–Kier alpha value is -2.52.